The van der Waals surface area contributed by atoms with Gasteiger partial charge in [0.2, 0.25) is 0 Å². The molecule has 0 radical (unpaired) electrons. The van der Waals surface area contributed by atoms with Crippen LogP contribution in [0.15, 0.2) is 182 Å². The fourth-order valence-corrected chi connectivity index (χ4v) is 11.3. The lowest BCUT2D eigenvalue weighted by Gasteiger charge is -2.34. The molecule has 9 aromatic rings. The molecule has 1 heterocycles. The minimum absolute atomic E-state index is 0.0324. The molecule has 304 valence electrons. The molecular formula is C60H54N2. The molecule has 11 rings (SSSR count). The van der Waals surface area contributed by atoms with E-state index in [0.717, 1.165) is 24.2 Å². The van der Waals surface area contributed by atoms with Crippen LogP contribution < -0.4 is 4.90 Å². The fourth-order valence-electron chi connectivity index (χ4n) is 11.3. The van der Waals surface area contributed by atoms with Crippen molar-refractivity contribution in [2.45, 2.75) is 77.0 Å². The summed E-state index contributed by atoms with van der Waals surface area (Å²) in [5, 5.41) is 2.60. The summed E-state index contributed by atoms with van der Waals surface area (Å²) in [5.41, 5.74) is 20.9. The predicted octanol–water partition coefficient (Wildman–Crippen LogP) is 16.9. The monoisotopic (exact) mass is 802 g/mol. The normalized spacial score (nSPS) is 14.1. The van der Waals surface area contributed by atoms with Crippen LogP contribution in [-0.2, 0) is 10.8 Å². The Balaban J connectivity index is 1.02. The van der Waals surface area contributed by atoms with Gasteiger partial charge in [0.15, 0.2) is 0 Å². The van der Waals surface area contributed by atoms with Crippen LogP contribution in [0.1, 0.15) is 88.5 Å². The third kappa shape index (κ3) is 5.91. The van der Waals surface area contributed by atoms with E-state index in [2.05, 4.69) is 219 Å². The first-order valence-corrected chi connectivity index (χ1v) is 22.9. The first-order chi connectivity index (χ1) is 30.4. The smallest absolute Gasteiger partial charge is 0.0541 e. The van der Waals surface area contributed by atoms with E-state index in [9.17, 15) is 0 Å². The third-order valence-corrected chi connectivity index (χ3v) is 14.4. The van der Waals surface area contributed by atoms with Crippen LogP contribution in [0.4, 0.5) is 17.1 Å². The minimum atomic E-state index is -0.0886. The second-order valence-corrected chi connectivity index (χ2v) is 18.3. The number of hydrogen-bond acceptors (Lipinski definition) is 1. The highest BCUT2D eigenvalue weighted by molar-refractivity contribution is 6.09. The van der Waals surface area contributed by atoms with E-state index in [-0.39, 0.29) is 10.8 Å². The number of benzene rings is 8. The van der Waals surface area contributed by atoms with Crippen molar-refractivity contribution in [3.05, 3.63) is 204 Å². The quantitative estimate of drug-likeness (QED) is 0.126. The van der Waals surface area contributed by atoms with Gasteiger partial charge in [-0.25, -0.2) is 0 Å². The lowest BCUT2D eigenvalue weighted by Crippen LogP contribution is -2.26. The van der Waals surface area contributed by atoms with E-state index in [0.29, 0.717) is 0 Å². The van der Waals surface area contributed by atoms with Crippen molar-refractivity contribution in [1.29, 1.82) is 0 Å². The average molecular weight is 803 g/mol. The number of aromatic nitrogens is 1. The minimum Gasteiger partial charge on any atom is -0.310 e. The van der Waals surface area contributed by atoms with Crippen LogP contribution in [0.25, 0.3) is 60.9 Å². The van der Waals surface area contributed by atoms with Gasteiger partial charge in [0, 0.05) is 44.4 Å². The molecule has 0 fully saturated rings. The summed E-state index contributed by atoms with van der Waals surface area (Å²) < 4.78 is 2.49. The van der Waals surface area contributed by atoms with Gasteiger partial charge in [-0.1, -0.05) is 169 Å². The van der Waals surface area contributed by atoms with E-state index in [4.69, 9.17) is 0 Å². The van der Waals surface area contributed by atoms with E-state index in [1.54, 1.807) is 0 Å². The molecule has 0 spiro atoms. The van der Waals surface area contributed by atoms with Gasteiger partial charge in [0.05, 0.1) is 11.0 Å². The molecule has 1 aromatic heterocycles. The molecule has 0 saturated heterocycles. The van der Waals surface area contributed by atoms with Crippen molar-refractivity contribution >= 4 is 38.9 Å². The van der Waals surface area contributed by atoms with E-state index in [1.807, 2.05) is 0 Å². The number of hydrogen-bond donors (Lipinski definition) is 0. The molecule has 0 bridgehead atoms. The molecule has 2 aliphatic rings. The zero-order valence-electron chi connectivity index (χ0n) is 36.5. The Morgan fingerprint density at radius 1 is 0.419 bits per heavy atom. The zero-order valence-corrected chi connectivity index (χ0v) is 36.5. The Kier molecular flexibility index (Phi) is 9.31. The number of anilines is 3. The van der Waals surface area contributed by atoms with E-state index >= 15 is 0 Å². The molecule has 0 amide bonds. The van der Waals surface area contributed by atoms with Crippen LogP contribution in [0, 0.1) is 0 Å². The second-order valence-electron chi connectivity index (χ2n) is 18.3. The van der Waals surface area contributed by atoms with Crippen molar-refractivity contribution in [2.75, 3.05) is 4.90 Å². The topological polar surface area (TPSA) is 8.17 Å². The Morgan fingerprint density at radius 3 is 1.63 bits per heavy atom. The van der Waals surface area contributed by atoms with Gasteiger partial charge >= 0.3 is 0 Å². The van der Waals surface area contributed by atoms with Gasteiger partial charge in [-0.15, -0.1) is 0 Å². The van der Waals surface area contributed by atoms with Gasteiger partial charge in [-0.2, -0.15) is 0 Å². The summed E-state index contributed by atoms with van der Waals surface area (Å²) in [6.07, 6.45) is 6.97. The molecule has 2 heteroatoms. The first-order valence-electron chi connectivity index (χ1n) is 22.9. The molecule has 0 aliphatic heterocycles. The van der Waals surface area contributed by atoms with Gasteiger partial charge in [-0.05, 0) is 135 Å². The molecule has 0 atom stereocenters. The van der Waals surface area contributed by atoms with Gasteiger partial charge in [0.1, 0.15) is 0 Å². The van der Waals surface area contributed by atoms with Crippen molar-refractivity contribution in [1.82, 2.24) is 4.57 Å². The third-order valence-electron chi connectivity index (χ3n) is 14.4. The SMILES string of the molecule is CCCCC1(CCCC)c2cc(N(c3ccccc3)c3ccc(-c4ccc5c(c4)C(C)(C)c4ccccc4-5)cc3)ccc2-c2ccc(-n3c4ccccc4c4ccccc43)cc21. The van der Waals surface area contributed by atoms with Crippen molar-refractivity contribution in [3.8, 4) is 39.1 Å². The van der Waals surface area contributed by atoms with Crippen LogP contribution in [0.5, 0.6) is 0 Å². The van der Waals surface area contributed by atoms with Gasteiger partial charge in [-0.3, -0.25) is 0 Å². The number of fused-ring (bicyclic) bond motifs is 9. The van der Waals surface area contributed by atoms with Crippen molar-refractivity contribution in [3.63, 3.8) is 0 Å². The largest absolute Gasteiger partial charge is 0.310 e. The second kappa shape index (κ2) is 15.1. The average Bonchev–Trinajstić information content (AvgIpc) is 3.88. The molecule has 62 heavy (non-hydrogen) atoms. The highest BCUT2D eigenvalue weighted by Gasteiger charge is 2.43. The first kappa shape index (κ1) is 38.3. The molecule has 0 unspecified atom stereocenters. The molecule has 0 N–H and O–H groups in total. The van der Waals surface area contributed by atoms with Crippen LogP contribution in [0.2, 0.25) is 0 Å². The summed E-state index contributed by atoms with van der Waals surface area (Å²) in [6.45, 7) is 9.42. The molecular weight excluding hydrogens is 749 g/mol. The van der Waals surface area contributed by atoms with Crippen molar-refractivity contribution < 1.29 is 0 Å². The maximum absolute atomic E-state index is 2.56. The fraction of sp³-hybridized carbons (Fsp3) is 0.200. The summed E-state index contributed by atoms with van der Waals surface area (Å²) >= 11 is 0. The summed E-state index contributed by atoms with van der Waals surface area (Å²) in [5.74, 6) is 0. The highest BCUT2D eigenvalue weighted by atomic mass is 15.1. The molecule has 2 nitrogen and oxygen atoms in total. The van der Waals surface area contributed by atoms with Crippen LogP contribution in [-0.4, -0.2) is 4.57 Å². The molecule has 2 aliphatic carbocycles. The van der Waals surface area contributed by atoms with Gasteiger partial charge < -0.3 is 9.47 Å². The van der Waals surface area contributed by atoms with E-state index < -0.39 is 0 Å². The summed E-state index contributed by atoms with van der Waals surface area (Å²) in [6, 6.07) is 68.6. The van der Waals surface area contributed by atoms with Gasteiger partial charge in [0.25, 0.3) is 0 Å². The van der Waals surface area contributed by atoms with Crippen LogP contribution >= 0.6 is 0 Å². The molecule has 0 saturated carbocycles. The lowest BCUT2D eigenvalue weighted by atomic mass is 9.70. The zero-order chi connectivity index (χ0) is 42.0. The van der Waals surface area contributed by atoms with Crippen LogP contribution in [0.3, 0.4) is 0 Å². The maximum atomic E-state index is 2.56. The Morgan fingerprint density at radius 2 is 0.935 bits per heavy atom. The summed E-state index contributed by atoms with van der Waals surface area (Å²) in [7, 11) is 0. The number of unbranched alkanes of at least 4 members (excludes halogenated alkanes) is 2. The maximum Gasteiger partial charge on any atom is 0.0541 e. The Bertz CT molecular complexity index is 3070. The number of nitrogens with zero attached hydrogens (tertiary/aromatic N) is 2. The standard InChI is InChI=1S/C60H54N2/c1-5-7-36-60(37-8-6-2)55-39-45(31-34-49(55)50-35-32-46(40-56(50)60)62-57-24-16-13-21-51(57)52-22-14-17-25-58(52)62)61(43-18-10-9-11-19-43)44-29-26-41(27-30-44)42-28-33-48-47-20-12-15-23-53(47)59(3,4)54(48)38-42/h9-35,38-40H,5-8,36-37H2,1-4H3. The van der Waals surface area contributed by atoms with E-state index in [1.165, 1.54) is 114 Å². The molecule has 8 aromatic carbocycles. The Labute approximate surface area is 367 Å². The lowest BCUT2D eigenvalue weighted by molar-refractivity contribution is 0.414. The van der Waals surface area contributed by atoms with Crippen molar-refractivity contribution in [2.24, 2.45) is 0 Å². The Hall–Kier alpha value is -6.64. The summed E-state index contributed by atoms with van der Waals surface area (Å²) in [4.78, 5) is 2.46. The number of para-hydroxylation sites is 3. The number of rotatable bonds is 11. The predicted molar refractivity (Wildman–Crippen MR) is 264 cm³/mol. The highest BCUT2D eigenvalue weighted by Crippen LogP contribution is 2.56.